The molecule has 19 heavy (non-hydrogen) atoms. The lowest BCUT2D eigenvalue weighted by atomic mass is 10.0. The largest absolute Gasteiger partial charge is 0.496 e. The van der Waals surface area contributed by atoms with Crippen LogP contribution in [-0.4, -0.2) is 7.11 Å². The van der Waals surface area contributed by atoms with Crippen LogP contribution in [0.25, 0.3) is 0 Å². The summed E-state index contributed by atoms with van der Waals surface area (Å²) in [7, 11) is 1.65. The quantitative estimate of drug-likeness (QED) is 0.634. The summed E-state index contributed by atoms with van der Waals surface area (Å²) in [6.45, 7) is 2.03. The molecule has 0 amide bonds. The monoisotopic (exact) mass is 358 g/mol. The van der Waals surface area contributed by atoms with Gasteiger partial charge < -0.3 is 4.74 Å². The topological polar surface area (TPSA) is 9.23 Å². The number of aryl methyl sites for hydroxylation is 1. The number of rotatable bonds is 3. The molecular weight excluding hydrogens is 347 g/mol. The van der Waals surface area contributed by atoms with E-state index in [0.717, 1.165) is 26.9 Å². The fourth-order valence-corrected chi connectivity index (χ4v) is 3.33. The minimum absolute atomic E-state index is 0.290. The maximum atomic E-state index is 6.59. The zero-order valence-corrected chi connectivity index (χ0v) is 13.7. The predicted octanol–water partition coefficient (Wildman–Crippen LogP) is 5.75. The van der Waals surface area contributed by atoms with Crippen molar-refractivity contribution in [2.45, 2.75) is 12.3 Å². The van der Waals surface area contributed by atoms with Gasteiger partial charge in [0, 0.05) is 15.1 Å². The first-order valence-electron chi connectivity index (χ1n) is 5.76. The minimum atomic E-state index is -0.290. The van der Waals surface area contributed by atoms with Crippen LogP contribution in [0.5, 0.6) is 5.75 Å². The molecule has 1 atom stereocenters. The number of ether oxygens (including phenoxy) is 1. The molecule has 0 aliphatic rings. The predicted molar refractivity (Wildman–Crippen MR) is 84.6 cm³/mol. The van der Waals surface area contributed by atoms with Crippen LogP contribution in [0.4, 0.5) is 0 Å². The highest BCUT2D eigenvalue weighted by molar-refractivity contribution is 9.10. The second-order valence-corrected chi connectivity index (χ2v) is 6.00. The Labute approximate surface area is 131 Å². The van der Waals surface area contributed by atoms with Gasteiger partial charge in [0.05, 0.1) is 12.5 Å². The number of hydrogen-bond acceptors (Lipinski definition) is 1. The Morgan fingerprint density at radius 3 is 2.47 bits per heavy atom. The minimum Gasteiger partial charge on any atom is -0.496 e. The molecule has 0 aromatic heterocycles. The third kappa shape index (κ3) is 3.25. The lowest BCUT2D eigenvalue weighted by Gasteiger charge is -2.16. The van der Waals surface area contributed by atoms with Crippen LogP contribution in [0.2, 0.25) is 5.02 Å². The van der Waals surface area contributed by atoms with Crippen molar-refractivity contribution >= 4 is 39.1 Å². The van der Waals surface area contributed by atoms with Gasteiger partial charge in [0.25, 0.3) is 0 Å². The maximum absolute atomic E-state index is 6.59. The Bertz CT molecular complexity index is 599. The van der Waals surface area contributed by atoms with Gasteiger partial charge in [-0.3, -0.25) is 0 Å². The summed E-state index contributed by atoms with van der Waals surface area (Å²) in [5, 5.41) is 0.386. The summed E-state index contributed by atoms with van der Waals surface area (Å²) in [5.41, 5.74) is 3.06. The third-order valence-electron chi connectivity index (χ3n) is 2.89. The Kier molecular flexibility index (Phi) is 4.77. The summed E-state index contributed by atoms with van der Waals surface area (Å²) in [5.74, 6) is 0.785. The van der Waals surface area contributed by atoms with Crippen molar-refractivity contribution < 1.29 is 4.74 Å². The maximum Gasteiger partial charge on any atom is 0.123 e. The van der Waals surface area contributed by atoms with Crippen LogP contribution in [0.3, 0.4) is 0 Å². The van der Waals surface area contributed by atoms with Gasteiger partial charge in [-0.15, -0.1) is 11.6 Å². The lowest BCUT2D eigenvalue weighted by Crippen LogP contribution is -1.99. The number of hydrogen-bond donors (Lipinski definition) is 0. The van der Waals surface area contributed by atoms with E-state index < -0.39 is 0 Å². The van der Waals surface area contributed by atoms with E-state index in [4.69, 9.17) is 27.9 Å². The molecule has 0 aliphatic heterocycles. The molecular formula is C15H13BrCl2O. The van der Waals surface area contributed by atoms with E-state index in [-0.39, 0.29) is 5.38 Å². The van der Waals surface area contributed by atoms with Crippen LogP contribution < -0.4 is 4.74 Å². The summed E-state index contributed by atoms with van der Waals surface area (Å²) in [4.78, 5) is 0. The fourth-order valence-electron chi connectivity index (χ4n) is 1.93. The van der Waals surface area contributed by atoms with Gasteiger partial charge in [-0.1, -0.05) is 51.3 Å². The van der Waals surface area contributed by atoms with E-state index >= 15 is 0 Å². The normalized spacial score (nSPS) is 12.3. The molecule has 0 N–H and O–H groups in total. The Morgan fingerprint density at radius 2 is 1.84 bits per heavy atom. The molecule has 0 spiro atoms. The summed E-state index contributed by atoms with van der Waals surface area (Å²) in [6, 6.07) is 11.6. The Balaban J connectivity index is 2.49. The molecule has 4 heteroatoms. The zero-order chi connectivity index (χ0) is 14.0. The zero-order valence-electron chi connectivity index (χ0n) is 10.6. The van der Waals surface area contributed by atoms with Crippen molar-refractivity contribution in [3.8, 4) is 5.75 Å². The van der Waals surface area contributed by atoms with Crippen LogP contribution in [-0.2, 0) is 0 Å². The summed E-state index contributed by atoms with van der Waals surface area (Å²) < 4.78 is 6.27. The van der Waals surface area contributed by atoms with Crippen LogP contribution in [0, 0.1) is 6.92 Å². The second-order valence-electron chi connectivity index (χ2n) is 4.27. The first kappa shape index (κ1) is 14.7. The highest BCUT2D eigenvalue weighted by atomic mass is 79.9. The first-order chi connectivity index (χ1) is 9.02. The van der Waals surface area contributed by atoms with Crippen molar-refractivity contribution in [2.24, 2.45) is 0 Å². The van der Waals surface area contributed by atoms with E-state index in [2.05, 4.69) is 15.9 Å². The molecule has 1 unspecified atom stereocenters. The third-order valence-corrected chi connectivity index (χ3v) is 4.29. The molecule has 100 valence electrons. The van der Waals surface area contributed by atoms with E-state index in [1.807, 2.05) is 43.3 Å². The average molecular weight is 360 g/mol. The Morgan fingerprint density at radius 1 is 1.11 bits per heavy atom. The molecule has 0 bridgehead atoms. The van der Waals surface area contributed by atoms with Crippen LogP contribution >= 0.6 is 39.1 Å². The average Bonchev–Trinajstić information content (AvgIpc) is 2.38. The number of halogens is 3. The SMILES string of the molecule is COc1ccc(C)cc1C(Cl)c1ccc(Cl)cc1Br. The van der Waals surface area contributed by atoms with Gasteiger partial charge in [-0.2, -0.15) is 0 Å². The second kappa shape index (κ2) is 6.17. The fraction of sp³-hybridized carbons (Fsp3) is 0.200. The Hall–Kier alpha value is -0.700. The van der Waals surface area contributed by atoms with Crippen molar-refractivity contribution in [3.05, 3.63) is 62.6 Å². The molecule has 0 radical (unpaired) electrons. The van der Waals surface area contributed by atoms with Crippen molar-refractivity contribution in [1.82, 2.24) is 0 Å². The van der Waals surface area contributed by atoms with Gasteiger partial charge in [-0.05, 0) is 30.7 Å². The summed E-state index contributed by atoms with van der Waals surface area (Å²) >= 11 is 16.0. The molecule has 0 saturated heterocycles. The van der Waals surface area contributed by atoms with Gasteiger partial charge in [0.15, 0.2) is 0 Å². The highest BCUT2D eigenvalue weighted by Gasteiger charge is 2.18. The first-order valence-corrected chi connectivity index (χ1v) is 7.37. The molecule has 2 aromatic carbocycles. The number of benzene rings is 2. The molecule has 0 fully saturated rings. The van der Waals surface area contributed by atoms with Gasteiger partial charge in [-0.25, -0.2) is 0 Å². The molecule has 2 rings (SSSR count). The number of methoxy groups -OCH3 is 1. The molecule has 1 nitrogen and oxygen atoms in total. The highest BCUT2D eigenvalue weighted by Crippen LogP contribution is 2.39. The molecule has 0 saturated carbocycles. The molecule has 2 aromatic rings. The van der Waals surface area contributed by atoms with Crippen molar-refractivity contribution in [1.29, 1.82) is 0 Å². The van der Waals surface area contributed by atoms with E-state index in [9.17, 15) is 0 Å². The van der Waals surface area contributed by atoms with Gasteiger partial charge in [0.2, 0.25) is 0 Å². The van der Waals surface area contributed by atoms with Crippen molar-refractivity contribution in [2.75, 3.05) is 7.11 Å². The smallest absolute Gasteiger partial charge is 0.123 e. The van der Waals surface area contributed by atoms with Gasteiger partial charge in [0.1, 0.15) is 5.75 Å². The van der Waals surface area contributed by atoms with E-state index in [1.165, 1.54) is 0 Å². The van der Waals surface area contributed by atoms with E-state index in [0.29, 0.717) is 5.02 Å². The number of alkyl halides is 1. The van der Waals surface area contributed by atoms with Crippen LogP contribution in [0.15, 0.2) is 40.9 Å². The lowest BCUT2D eigenvalue weighted by molar-refractivity contribution is 0.410. The van der Waals surface area contributed by atoms with Crippen LogP contribution in [0.1, 0.15) is 22.1 Å². The van der Waals surface area contributed by atoms with Gasteiger partial charge >= 0.3 is 0 Å². The summed E-state index contributed by atoms with van der Waals surface area (Å²) in [6.07, 6.45) is 0. The van der Waals surface area contributed by atoms with E-state index in [1.54, 1.807) is 7.11 Å². The van der Waals surface area contributed by atoms with Crippen molar-refractivity contribution in [3.63, 3.8) is 0 Å². The molecule has 0 aliphatic carbocycles. The molecule has 0 heterocycles. The standard InChI is InChI=1S/C15H13BrCl2O/c1-9-3-6-14(19-2)12(7-9)15(18)11-5-4-10(17)8-13(11)16/h3-8,15H,1-2H3.